The number of sulfonamides is 1. The quantitative estimate of drug-likeness (QED) is 0.507. The highest BCUT2D eigenvalue weighted by Gasteiger charge is 2.15. The van der Waals surface area contributed by atoms with Crippen LogP contribution in [0.5, 0.6) is 0 Å². The third-order valence-electron chi connectivity index (χ3n) is 2.78. The Morgan fingerprint density at radius 1 is 1.19 bits per heavy atom. The lowest BCUT2D eigenvalue weighted by atomic mass is 10.2. The Balaban J connectivity index is 2.33. The molecular formula is C13H13ClIN3O2S. The largest absolute Gasteiger partial charge is 0.398 e. The van der Waals surface area contributed by atoms with Crippen LogP contribution in [0, 0.1) is 3.57 Å². The number of rotatable bonds is 4. The van der Waals surface area contributed by atoms with E-state index in [9.17, 15) is 8.42 Å². The molecule has 8 heteroatoms. The van der Waals surface area contributed by atoms with Crippen molar-refractivity contribution in [3.8, 4) is 0 Å². The second kappa shape index (κ2) is 6.39. The number of halogens is 2. The zero-order valence-corrected chi connectivity index (χ0v) is 14.8. The predicted octanol–water partition coefficient (Wildman–Crippen LogP) is 3.18. The second-order valence-electron chi connectivity index (χ2n) is 4.21. The number of hydrogen-bond acceptors (Lipinski definition) is 4. The second-order valence-corrected chi connectivity index (χ2v) is 7.72. The van der Waals surface area contributed by atoms with E-state index in [1.54, 1.807) is 12.1 Å². The average molecular weight is 438 g/mol. The molecule has 0 saturated carbocycles. The van der Waals surface area contributed by atoms with Gasteiger partial charge in [0.1, 0.15) is 4.90 Å². The van der Waals surface area contributed by atoms with E-state index in [0.717, 1.165) is 9.26 Å². The fourth-order valence-corrected chi connectivity index (χ4v) is 3.47. The van der Waals surface area contributed by atoms with Gasteiger partial charge in [-0.05, 0) is 66.0 Å². The summed E-state index contributed by atoms with van der Waals surface area (Å²) in [5.74, 6) is 0. The molecule has 2 aromatic rings. The highest BCUT2D eigenvalue weighted by molar-refractivity contribution is 14.1. The van der Waals surface area contributed by atoms with Crippen LogP contribution in [-0.2, 0) is 10.0 Å². The summed E-state index contributed by atoms with van der Waals surface area (Å²) in [6.45, 7) is 0. The van der Waals surface area contributed by atoms with Gasteiger partial charge in [0.05, 0.1) is 16.4 Å². The number of benzene rings is 2. The number of hydrogen-bond donors (Lipinski definition) is 3. The molecule has 0 heterocycles. The number of nitrogens with one attached hydrogen (secondary N) is 2. The summed E-state index contributed by atoms with van der Waals surface area (Å²) in [5.41, 5.74) is 7.35. The summed E-state index contributed by atoms with van der Waals surface area (Å²) >= 11 is 8.31. The van der Waals surface area contributed by atoms with E-state index in [4.69, 9.17) is 17.3 Å². The first kappa shape index (κ1) is 16.3. The minimum atomic E-state index is -3.56. The van der Waals surface area contributed by atoms with Gasteiger partial charge in [0.15, 0.2) is 0 Å². The minimum absolute atomic E-state index is 0.0456. The highest BCUT2D eigenvalue weighted by atomic mass is 127. The lowest BCUT2D eigenvalue weighted by Crippen LogP contribution is -2.19. The van der Waals surface area contributed by atoms with Crippen molar-refractivity contribution in [2.45, 2.75) is 4.90 Å². The van der Waals surface area contributed by atoms with E-state index in [0.29, 0.717) is 10.7 Å². The molecule has 0 bridgehead atoms. The van der Waals surface area contributed by atoms with Crippen LogP contribution < -0.4 is 15.8 Å². The summed E-state index contributed by atoms with van der Waals surface area (Å²) in [4.78, 5) is 0.0456. The Hall–Kier alpha value is -1.03. The summed E-state index contributed by atoms with van der Waals surface area (Å²) in [6, 6.07) is 10.2. The van der Waals surface area contributed by atoms with Gasteiger partial charge in [-0.2, -0.15) is 0 Å². The molecule has 0 fully saturated rings. The van der Waals surface area contributed by atoms with Gasteiger partial charge in [0.2, 0.25) is 10.0 Å². The van der Waals surface area contributed by atoms with Crippen molar-refractivity contribution >= 4 is 61.3 Å². The van der Waals surface area contributed by atoms with Crippen LogP contribution in [-0.4, -0.2) is 15.5 Å². The van der Waals surface area contributed by atoms with Crippen molar-refractivity contribution in [1.82, 2.24) is 4.72 Å². The number of nitrogen functional groups attached to an aromatic ring is 1. The van der Waals surface area contributed by atoms with Crippen LogP contribution in [0.4, 0.5) is 17.1 Å². The van der Waals surface area contributed by atoms with Crippen molar-refractivity contribution in [3.05, 3.63) is 45.0 Å². The molecule has 0 aromatic heterocycles. The van der Waals surface area contributed by atoms with Crippen LogP contribution >= 0.6 is 34.2 Å². The van der Waals surface area contributed by atoms with Gasteiger partial charge >= 0.3 is 0 Å². The van der Waals surface area contributed by atoms with E-state index < -0.39 is 10.0 Å². The lowest BCUT2D eigenvalue weighted by molar-refractivity contribution is 0.588. The van der Waals surface area contributed by atoms with Crippen LogP contribution in [0.25, 0.3) is 0 Å². The molecule has 0 amide bonds. The van der Waals surface area contributed by atoms with Gasteiger partial charge in [-0.3, -0.25) is 0 Å². The Morgan fingerprint density at radius 2 is 1.90 bits per heavy atom. The summed E-state index contributed by atoms with van der Waals surface area (Å²) in [6.07, 6.45) is 0. The Kier molecular flexibility index (Phi) is 4.97. The zero-order valence-electron chi connectivity index (χ0n) is 11.0. The fourth-order valence-electron chi connectivity index (χ4n) is 1.73. The molecule has 0 aliphatic rings. The first-order valence-corrected chi connectivity index (χ1v) is 8.82. The highest BCUT2D eigenvalue weighted by Crippen LogP contribution is 2.29. The Labute approximate surface area is 142 Å². The van der Waals surface area contributed by atoms with Crippen molar-refractivity contribution in [2.75, 3.05) is 18.1 Å². The third-order valence-corrected chi connectivity index (χ3v) is 5.25. The third kappa shape index (κ3) is 3.79. The predicted molar refractivity (Wildman–Crippen MR) is 94.6 cm³/mol. The zero-order chi connectivity index (χ0) is 15.6. The van der Waals surface area contributed by atoms with Gasteiger partial charge in [0.25, 0.3) is 0 Å². The van der Waals surface area contributed by atoms with Gasteiger partial charge < -0.3 is 11.1 Å². The lowest BCUT2D eigenvalue weighted by Gasteiger charge is -2.11. The molecule has 5 nitrogen and oxygen atoms in total. The van der Waals surface area contributed by atoms with Crippen LogP contribution in [0.2, 0.25) is 5.02 Å². The molecule has 2 rings (SSSR count). The van der Waals surface area contributed by atoms with Gasteiger partial charge in [-0.1, -0.05) is 11.6 Å². The molecule has 2 aromatic carbocycles. The molecule has 0 saturated heterocycles. The van der Waals surface area contributed by atoms with Gasteiger partial charge in [-0.15, -0.1) is 0 Å². The van der Waals surface area contributed by atoms with Gasteiger partial charge in [0, 0.05) is 9.26 Å². The Bertz CT molecular complexity index is 781. The normalized spacial score (nSPS) is 11.4. The van der Waals surface area contributed by atoms with E-state index >= 15 is 0 Å². The van der Waals surface area contributed by atoms with Crippen molar-refractivity contribution in [2.24, 2.45) is 0 Å². The van der Waals surface area contributed by atoms with Gasteiger partial charge in [-0.25, -0.2) is 13.1 Å². The first-order valence-electron chi connectivity index (χ1n) is 5.88. The average Bonchev–Trinajstić information content (AvgIpc) is 2.42. The van der Waals surface area contributed by atoms with Crippen LogP contribution in [0.15, 0.2) is 41.3 Å². The summed E-state index contributed by atoms with van der Waals surface area (Å²) in [5, 5.41) is 3.68. The Morgan fingerprint density at radius 3 is 2.48 bits per heavy atom. The van der Waals surface area contributed by atoms with Crippen molar-refractivity contribution in [1.29, 1.82) is 0 Å². The van der Waals surface area contributed by atoms with E-state index in [1.807, 2.05) is 18.2 Å². The smallest absolute Gasteiger partial charge is 0.242 e. The van der Waals surface area contributed by atoms with Crippen molar-refractivity contribution < 1.29 is 8.42 Å². The van der Waals surface area contributed by atoms with E-state index in [-0.39, 0.29) is 10.6 Å². The van der Waals surface area contributed by atoms with E-state index in [2.05, 4.69) is 32.6 Å². The molecule has 0 radical (unpaired) electrons. The first-order chi connectivity index (χ1) is 9.83. The fraction of sp³-hybridized carbons (Fsp3) is 0.0769. The molecule has 21 heavy (non-hydrogen) atoms. The molecule has 4 N–H and O–H groups in total. The van der Waals surface area contributed by atoms with Crippen LogP contribution in [0.1, 0.15) is 0 Å². The van der Waals surface area contributed by atoms with Crippen LogP contribution in [0.3, 0.4) is 0 Å². The summed E-state index contributed by atoms with van der Waals surface area (Å²) < 4.78 is 26.8. The molecule has 0 aliphatic heterocycles. The molecule has 112 valence electrons. The maximum absolute atomic E-state index is 11.7. The number of nitrogens with two attached hydrogens (primary N) is 1. The minimum Gasteiger partial charge on any atom is -0.398 e. The SMILES string of the molecule is CNS(=O)(=O)c1ccc(Nc2ccc(I)cc2Cl)cc1N. The summed E-state index contributed by atoms with van der Waals surface area (Å²) in [7, 11) is -2.22. The topological polar surface area (TPSA) is 84.2 Å². The number of anilines is 3. The molecule has 0 aliphatic carbocycles. The molecule has 0 spiro atoms. The monoisotopic (exact) mass is 437 g/mol. The molecular weight excluding hydrogens is 425 g/mol. The van der Waals surface area contributed by atoms with Crippen molar-refractivity contribution in [3.63, 3.8) is 0 Å². The molecule has 0 atom stereocenters. The standard InChI is InChI=1S/C13H13ClIN3O2S/c1-17-21(19,20)13-5-3-9(7-11(13)16)18-12-4-2-8(15)6-10(12)14/h2-7,17-18H,16H2,1H3. The molecule has 0 unspecified atom stereocenters. The maximum Gasteiger partial charge on any atom is 0.242 e. The maximum atomic E-state index is 11.7. The van der Waals surface area contributed by atoms with E-state index in [1.165, 1.54) is 13.1 Å².